The molecule has 0 aromatic carbocycles. The minimum Gasteiger partial charge on any atom is -0.340 e. The van der Waals surface area contributed by atoms with Gasteiger partial charge in [0.1, 0.15) is 0 Å². The van der Waals surface area contributed by atoms with Gasteiger partial charge in [-0.15, -0.1) is 0 Å². The summed E-state index contributed by atoms with van der Waals surface area (Å²) < 4.78 is 0. The summed E-state index contributed by atoms with van der Waals surface area (Å²) in [6.45, 7) is 6.73. The van der Waals surface area contributed by atoms with E-state index in [2.05, 4.69) is 28.7 Å². The van der Waals surface area contributed by atoms with E-state index in [9.17, 15) is 0 Å². The van der Waals surface area contributed by atoms with Gasteiger partial charge in [0.15, 0.2) is 0 Å². The fraction of sp³-hybridized carbons (Fsp3) is 0.778. The molecule has 3 fully saturated rings. The van der Waals surface area contributed by atoms with Gasteiger partial charge in [0.05, 0.1) is 0 Å². The van der Waals surface area contributed by atoms with Crippen molar-refractivity contribution in [2.75, 3.05) is 18.0 Å². The Kier molecular flexibility index (Phi) is 3.43. The van der Waals surface area contributed by atoms with E-state index in [1.807, 2.05) is 12.4 Å². The Morgan fingerprint density at radius 2 is 1.65 bits per heavy atom. The predicted octanol–water partition coefficient (Wildman–Crippen LogP) is 2.01. The number of nitrogens with two attached hydrogens (primary N) is 2. The fourth-order valence-corrected chi connectivity index (χ4v) is 5.40. The second-order valence-electron chi connectivity index (χ2n) is 8.80. The van der Waals surface area contributed by atoms with E-state index in [-0.39, 0.29) is 5.54 Å². The van der Waals surface area contributed by atoms with Gasteiger partial charge in [-0.1, -0.05) is 13.8 Å². The molecule has 2 atom stereocenters. The molecule has 5 heteroatoms. The number of anilines is 1. The number of nitrogens with zero attached hydrogens (tertiary/aromatic N) is 3. The maximum Gasteiger partial charge on any atom is 0.225 e. The summed E-state index contributed by atoms with van der Waals surface area (Å²) in [6.07, 6.45) is 9.55. The van der Waals surface area contributed by atoms with Crippen LogP contribution in [0.15, 0.2) is 12.4 Å². The normalized spacial score (nSPS) is 43.1. The highest BCUT2D eigenvalue weighted by Crippen LogP contribution is 2.62. The standard InChI is InChI=1S/C18H29N5/c1-12-3-13(2)9-23(8-12)16-21-6-14(7-22-16)18(20)10-17(11-18)4-15(19)5-17/h6-7,12-13,15H,3-5,8-11,19-20H2,1-2H3. The van der Waals surface area contributed by atoms with Crippen LogP contribution in [0.3, 0.4) is 0 Å². The highest BCUT2D eigenvalue weighted by atomic mass is 15.3. The summed E-state index contributed by atoms with van der Waals surface area (Å²) in [5.74, 6) is 2.27. The van der Waals surface area contributed by atoms with Gasteiger partial charge in [0.2, 0.25) is 5.95 Å². The minimum absolute atomic E-state index is 0.235. The van der Waals surface area contributed by atoms with Crippen molar-refractivity contribution in [3.05, 3.63) is 18.0 Å². The van der Waals surface area contributed by atoms with Crippen molar-refractivity contribution in [2.45, 2.75) is 57.5 Å². The van der Waals surface area contributed by atoms with E-state index >= 15 is 0 Å². The van der Waals surface area contributed by atoms with E-state index in [1.54, 1.807) is 0 Å². The summed E-state index contributed by atoms with van der Waals surface area (Å²) in [4.78, 5) is 11.6. The zero-order valence-corrected chi connectivity index (χ0v) is 14.3. The van der Waals surface area contributed by atoms with Gasteiger partial charge in [-0.3, -0.25) is 0 Å². The first kappa shape index (κ1) is 15.3. The van der Waals surface area contributed by atoms with Crippen LogP contribution in [0.2, 0.25) is 0 Å². The van der Waals surface area contributed by atoms with Crippen molar-refractivity contribution in [2.24, 2.45) is 28.7 Å². The molecule has 0 bridgehead atoms. The quantitative estimate of drug-likeness (QED) is 0.872. The number of piperidine rings is 1. The van der Waals surface area contributed by atoms with Gasteiger partial charge in [-0.05, 0) is 49.4 Å². The summed E-state index contributed by atoms with van der Waals surface area (Å²) in [7, 11) is 0. The third kappa shape index (κ3) is 2.64. The molecule has 23 heavy (non-hydrogen) atoms. The minimum atomic E-state index is -0.235. The second kappa shape index (κ2) is 5.15. The van der Waals surface area contributed by atoms with Crippen LogP contribution in [0, 0.1) is 17.3 Å². The summed E-state index contributed by atoms with van der Waals surface area (Å²) in [5, 5.41) is 0. The molecule has 1 aromatic heterocycles. The lowest BCUT2D eigenvalue weighted by molar-refractivity contribution is -0.0592. The first-order chi connectivity index (χ1) is 10.9. The maximum absolute atomic E-state index is 6.59. The molecule has 2 aliphatic carbocycles. The number of rotatable bonds is 2. The highest BCUT2D eigenvalue weighted by Gasteiger charge is 2.58. The summed E-state index contributed by atoms with van der Waals surface area (Å²) >= 11 is 0. The van der Waals surface area contributed by atoms with Crippen LogP contribution < -0.4 is 16.4 Å². The van der Waals surface area contributed by atoms with Gasteiger partial charge in [-0.2, -0.15) is 0 Å². The van der Waals surface area contributed by atoms with E-state index in [0.717, 1.165) is 50.3 Å². The fourth-order valence-electron chi connectivity index (χ4n) is 5.40. The molecule has 1 spiro atoms. The van der Waals surface area contributed by atoms with E-state index in [4.69, 9.17) is 11.5 Å². The van der Waals surface area contributed by atoms with Crippen LogP contribution in [0.4, 0.5) is 5.95 Å². The number of hydrogen-bond acceptors (Lipinski definition) is 5. The second-order valence-corrected chi connectivity index (χ2v) is 8.80. The number of hydrogen-bond donors (Lipinski definition) is 2. The molecule has 1 aromatic rings. The molecule has 1 aliphatic heterocycles. The van der Waals surface area contributed by atoms with Gasteiger partial charge >= 0.3 is 0 Å². The molecule has 3 aliphatic rings. The molecule has 126 valence electrons. The Labute approximate surface area is 138 Å². The highest BCUT2D eigenvalue weighted by molar-refractivity contribution is 5.34. The van der Waals surface area contributed by atoms with Crippen molar-refractivity contribution < 1.29 is 0 Å². The first-order valence-corrected chi connectivity index (χ1v) is 8.99. The Morgan fingerprint density at radius 1 is 1.09 bits per heavy atom. The smallest absolute Gasteiger partial charge is 0.225 e. The SMILES string of the molecule is CC1CC(C)CN(c2ncc(C3(N)CC4(CC(N)C4)C3)cn2)C1. The molecule has 5 nitrogen and oxygen atoms in total. The van der Waals surface area contributed by atoms with Crippen molar-refractivity contribution in [3.8, 4) is 0 Å². The van der Waals surface area contributed by atoms with E-state index in [0.29, 0.717) is 23.3 Å². The molecule has 0 radical (unpaired) electrons. The van der Waals surface area contributed by atoms with E-state index < -0.39 is 0 Å². The third-order valence-corrected chi connectivity index (χ3v) is 6.14. The van der Waals surface area contributed by atoms with Crippen molar-refractivity contribution >= 4 is 5.95 Å². The zero-order chi connectivity index (χ0) is 16.2. The van der Waals surface area contributed by atoms with Crippen LogP contribution in [0.25, 0.3) is 0 Å². The van der Waals surface area contributed by atoms with Crippen molar-refractivity contribution in [1.29, 1.82) is 0 Å². The van der Waals surface area contributed by atoms with Gasteiger partial charge < -0.3 is 16.4 Å². The summed E-state index contributed by atoms with van der Waals surface area (Å²) in [5.41, 5.74) is 13.8. The molecule has 2 unspecified atom stereocenters. The predicted molar refractivity (Wildman–Crippen MR) is 91.9 cm³/mol. The van der Waals surface area contributed by atoms with Gasteiger partial charge in [-0.25, -0.2) is 9.97 Å². The number of aromatic nitrogens is 2. The lowest BCUT2D eigenvalue weighted by Crippen LogP contribution is -2.63. The van der Waals surface area contributed by atoms with E-state index in [1.165, 1.54) is 6.42 Å². The van der Waals surface area contributed by atoms with Crippen molar-refractivity contribution in [3.63, 3.8) is 0 Å². The van der Waals surface area contributed by atoms with Crippen LogP contribution in [-0.4, -0.2) is 29.1 Å². The van der Waals surface area contributed by atoms with Gasteiger partial charge in [0.25, 0.3) is 0 Å². The van der Waals surface area contributed by atoms with Crippen LogP contribution in [0.1, 0.15) is 51.5 Å². The zero-order valence-electron chi connectivity index (χ0n) is 14.3. The molecule has 4 rings (SSSR count). The monoisotopic (exact) mass is 315 g/mol. The molecular formula is C18H29N5. The van der Waals surface area contributed by atoms with Crippen LogP contribution >= 0.6 is 0 Å². The Balaban J connectivity index is 1.44. The summed E-state index contributed by atoms with van der Waals surface area (Å²) in [6, 6.07) is 0.390. The average molecular weight is 315 g/mol. The van der Waals surface area contributed by atoms with Crippen LogP contribution in [-0.2, 0) is 5.54 Å². The molecule has 4 N–H and O–H groups in total. The molecule has 2 heterocycles. The molecule has 0 amide bonds. The Morgan fingerprint density at radius 3 is 2.17 bits per heavy atom. The molecule has 1 saturated heterocycles. The lowest BCUT2D eigenvalue weighted by Gasteiger charge is -2.61. The first-order valence-electron chi connectivity index (χ1n) is 8.99. The van der Waals surface area contributed by atoms with Crippen LogP contribution in [0.5, 0.6) is 0 Å². The lowest BCUT2D eigenvalue weighted by atomic mass is 9.46. The largest absolute Gasteiger partial charge is 0.340 e. The maximum atomic E-state index is 6.59. The molecular weight excluding hydrogens is 286 g/mol. The third-order valence-electron chi connectivity index (χ3n) is 6.14. The molecule has 2 saturated carbocycles. The Bertz CT molecular complexity index is 560. The topological polar surface area (TPSA) is 81.1 Å². The van der Waals surface area contributed by atoms with Crippen molar-refractivity contribution in [1.82, 2.24) is 9.97 Å². The van der Waals surface area contributed by atoms with Gasteiger partial charge in [0, 0.05) is 42.6 Å². The Hall–Kier alpha value is -1.20. The average Bonchev–Trinajstić information content (AvgIpc) is 2.43.